The molecule has 1 saturated carbocycles. The predicted octanol–water partition coefficient (Wildman–Crippen LogP) is 2.24. The molecule has 2 aliphatic rings. The Morgan fingerprint density at radius 3 is 2.83 bits per heavy atom. The third-order valence-electron chi connectivity index (χ3n) is 5.61. The molecule has 2 fully saturated rings. The van der Waals surface area contributed by atoms with Crippen LogP contribution in [0.25, 0.3) is 0 Å². The lowest BCUT2D eigenvalue weighted by molar-refractivity contribution is -0.00722. The first-order valence-corrected chi connectivity index (χ1v) is 8.55. The molecule has 4 rings (SSSR count). The molecule has 6 nitrogen and oxygen atoms in total. The molecule has 3 heterocycles. The Labute approximate surface area is 141 Å². The predicted molar refractivity (Wildman–Crippen MR) is 88.2 cm³/mol. The summed E-state index contributed by atoms with van der Waals surface area (Å²) >= 11 is 0. The second-order valence-electron chi connectivity index (χ2n) is 6.93. The van der Waals surface area contributed by atoms with Crippen LogP contribution in [0.4, 0.5) is 0 Å². The number of carbonyl (C=O) groups excluding carboxylic acids is 1. The van der Waals surface area contributed by atoms with Crippen LogP contribution in [0.5, 0.6) is 0 Å². The van der Waals surface area contributed by atoms with Gasteiger partial charge in [-0.25, -0.2) is 4.98 Å². The highest BCUT2D eigenvalue weighted by atomic mass is 16.3. The van der Waals surface area contributed by atoms with E-state index >= 15 is 0 Å². The molecule has 1 saturated heterocycles. The molecule has 0 bridgehead atoms. The maximum Gasteiger partial charge on any atom is 0.271 e. The largest absolute Gasteiger partial charge is 0.472 e. The SMILES string of the molecule is O=C(N[C@@H]1CCC12CCN(Cc1ccoc1)CC2)c1cnccn1. The topological polar surface area (TPSA) is 71.3 Å². The maximum atomic E-state index is 12.3. The van der Waals surface area contributed by atoms with Gasteiger partial charge in [-0.3, -0.25) is 14.7 Å². The highest BCUT2D eigenvalue weighted by Gasteiger charge is 2.48. The fourth-order valence-corrected chi connectivity index (χ4v) is 3.97. The van der Waals surface area contributed by atoms with Gasteiger partial charge in [0.1, 0.15) is 5.69 Å². The number of likely N-dealkylation sites (tertiary alicyclic amines) is 1. The molecule has 1 atom stereocenters. The smallest absolute Gasteiger partial charge is 0.271 e. The van der Waals surface area contributed by atoms with Crippen LogP contribution in [0.3, 0.4) is 0 Å². The second kappa shape index (κ2) is 6.36. The standard InChI is InChI=1S/C18H22N4O2/c23-17(15-11-19-6-7-20-15)21-16-1-3-18(16)4-8-22(9-5-18)12-14-2-10-24-13-14/h2,6-7,10-11,13,16H,1,3-5,8-9,12H2,(H,21,23)/t16-/m1/s1. The van der Waals surface area contributed by atoms with Crippen molar-refractivity contribution < 1.29 is 9.21 Å². The molecule has 0 unspecified atom stereocenters. The van der Waals surface area contributed by atoms with Crippen LogP contribution in [0, 0.1) is 5.41 Å². The number of furan rings is 1. The number of nitrogens with one attached hydrogen (secondary N) is 1. The molecule has 1 aliphatic heterocycles. The van der Waals surface area contributed by atoms with Crippen molar-refractivity contribution in [2.75, 3.05) is 13.1 Å². The quantitative estimate of drug-likeness (QED) is 0.933. The van der Waals surface area contributed by atoms with Gasteiger partial charge < -0.3 is 9.73 Å². The molecular formula is C18H22N4O2. The van der Waals surface area contributed by atoms with E-state index in [1.54, 1.807) is 18.7 Å². The molecule has 6 heteroatoms. The summed E-state index contributed by atoms with van der Waals surface area (Å²) in [7, 11) is 0. The van der Waals surface area contributed by atoms with Crippen molar-refractivity contribution in [3.05, 3.63) is 48.4 Å². The highest BCUT2D eigenvalue weighted by Crippen LogP contribution is 2.49. The Hall–Kier alpha value is -2.21. The summed E-state index contributed by atoms with van der Waals surface area (Å²) < 4.78 is 5.15. The highest BCUT2D eigenvalue weighted by molar-refractivity contribution is 5.92. The number of amides is 1. The Bertz CT molecular complexity index is 678. The minimum atomic E-state index is -0.104. The number of piperidine rings is 1. The average Bonchev–Trinajstić information content (AvgIpc) is 3.13. The van der Waals surface area contributed by atoms with Crippen LogP contribution < -0.4 is 5.32 Å². The summed E-state index contributed by atoms with van der Waals surface area (Å²) in [5.41, 5.74) is 1.90. The minimum absolute atomic E-state index is 0.104. The van der Waals surface area contributed by atoms with Gasteiger partial charge >= 0.3 is 0 Å². The van der Waals surface area contributed by atoms with E-state index in [1.165, 1.54) is 18.2 Å². The summed E-state index contributed by atoms with van der Waals surface area (Å²) in [5.74, 6) is -0.104. The van der Waals surface area contributed by atoms with Crippen molar-refractivity contribution in [1.29, 1.82) is 0 Å². The first-order chi connectivity index (χ1) is 11.8. The Morgan fingerprint density at radius 2 is 2.21 bits per heavy atom. The van der Waals surface area contributed by atoms with Gasteiger partial charge in [-0.2, -0.15) is 0 Å². The van der Waals surface area contributed by atoms with E-state index in [0.29, 0.717) is 5.69 Å². The molecule has 0 radical (unpaired) electrons. The lowest BCUT2D eigenvalue weighted by atomic mass is 9.59. The molecule has 2 aromatic rings. The molecule has 1 aliphatic carbocycles. The lowest BCUT2D eigenvalue weighted by Gasteiger charge is -2.54. The molecule has 1 spiro atoms. The summed E-state index contributed by atoms with van der Waals surface area (Å²) in [6, 6.07) is 2.29. The van der Waals surface area contributed by atoms with E-state index in [2.05, 4.69) is 20.2 Å². The molecule has 24 heavy (non-hydrogen) atoms. The average molecular weight is 326 g/mol. The third kappa shape index (κ3) is 2.94. The first-order valence-electron chi connectivity index (χ1n) is 8.55. The van der Waals surface area contributed by atoms with E-state index in [1.807, 2.05) is 12.3 Å². The monoisotopic (exact) mass is 326 g/mol. The van der Waals surface area contributed by atoms with Crippen molar-refractivity contribution >= 4 is 5.91 Å². The molecular weight excluding hydrogens is 304 g/mol. The molecule has 1 N–H and O–H groups in total. The summed E-state index contributed by atoms with van der Waals surface area (Å²) in [6.07, 6.45) is 12.7. The van der Waals surface area contributed by atoms with Gasteiger partial charge in [-0.1, -0.05) is 0 Å². The fourth-order valence-electron chi connectivity index (χ4n) is 3.97. The van der Waals surface area contributed by atoms with Gasteiger partial charge in [0.15, 0.2) is 0 Å². The Kier molecular flexibility index (Phi) is 4.06. The van der Waals surface area contributed by atoms with Gasteiger partial charge in [0.25, 0.3) is 5.91 Å². The Morgan fingerprint density at radius 1 is 1.33 bits per heavy atom. The van der Waals surface area contributed by atoms with Crippen LogP contribution in [0.1, 0.15) is 41.7 Å². The normalized spacial score (nSPS) is 22.9. The van der Waals surface area contributed by atoms with E-state index in [9.17, 15) is 4.79 Å². The van der Waals surface area contributed by atoms with Crippen LogP contribution in [0.2, 0.25) is 0 Å². The zero-order valence-corrected chi connectivity index (χ0v) is 13.6. The van der Waals surface area contributed by atoms with Gasteiger partial charge in [-0.15, -0.1) is 0 Å². The number of hydrogen-bond acceptors (Lipinski definition) is 5. The molecule has 2 aromatic heterocycles. The number of hydrogen-bond donors (Lipinski definition) is 1. The summed E-state index contributed by atoms with van der Waals surface area (Å²) in [5, 5.41) is 3.18. The molecule has 0 aromatic carbocycles. The fraction of sp³-hybridized carbons (Fsp3) is 0.500. The zero-order chi connectivity index (χ0) is 16.4. The van der Waals surface area contributed by atoms with Crippen molar-refractivity contribution in [3.63, 3.8) is 0 Å². The van der Waals surface area contributed by atoms with Crippen LogP contribution in [0.15, 0.2) is 41.6 Å². The van der Waals surface area contributed by atoms with E-state index in [0.717, 1.165) is 38.9 Å². The summed E-state index contributed by atoms with van der Waals surface area (Å²) in [6.45, 7) is 3.09. The second-order valence-corrected chi connectivity index (χ2v) is 6.93. The van der Waals surface area contributed by atoms with Crippen molar-refractivity contribution in [2.24, 2.45) is 5.41 Å². The van der Waals surface area contributed by atoms with Gasteiger partial charge in [0.05, 0.1) is 18.7 Å². The van der Waals surface area contributed by atoms with Crippen LogP contribution in [-0.4, -0.2) is 39.9 Å². The van der Waals surface area contributed by atoms with Crippen LogP contribution >= 0.6 is 0 Å². The number of nitrogens with zero attached hydrogens (tertiary/aromatic N) is 3. The van der Waals surface area contributed by atoms with Crippen molar-refractivity contribution in [3.8, 4) is 0 Å². The van der Waals surface area contributed by atoms with E-state index in [4.69, 9.17) is 4.42 Å². The van der Waals surface area contributed by atoms with Crippen molar-refractivity contribution in [2.45, 2.75) is 38.3 Å². The van der Waals surface area contributed by atoms with Crippen molar-refractivity contribution in [1.82, 2.24) is 20.2 Å². The number of rotatable bonds is 4. The number of aromatic nitrogens is 2. The first kappa shape index (κ1) is 15.3. The maximum absolute atomic E-state index is 12.3. The molecule has 1 amide bonds. The van der Waals surface area contributed by atoms with E-state index < -0.39 is 0 Å². The lowest BCUT2D eigenvalue weighted by Crippen LogP contribution is -2.59. The number of carbonyl (C=O) groups is 1. The molecule has 126 valence electrons. The zero-order valence-electron chi connectivity index (χ0n) is 13.6. The van der Waals surface area contributed by atoms with E-state index in [-0.39, 0.29) is 17.4 Å². The third-order valence-corrected chi connectivity index (χ3v) is 5.61. The van der Waals surface area contributed by atoms with Gasteiger partial charge in [-0.05, 0) is 50.3 Å². The Balaban J connectivity index is 1.33. The van der Waals surface area contributed by atoms with Gasteiger partial charge in [0, 0.05) is 30.5 Å². The summed E-state index contributed by atoms with van der Waals surface area (Å²) in [4.78, 5) is 22.8. The van der Waals surface area contributed by atoms with Gasteiger partial charge in [0.2, 0.25) is 0 Å². The van der Waals surface area contributed by atoms with Crippen LogP contribution in [-0.2, 0) is 6.54 Å². The minimum Gasteiger partial charge on any atom is -0.472 e.